The number of carbonyl (C=O) groups excluding carboxylic acids is 1. The summed E-state index contributed by atoms with van der Waals surface area (Å²) in [6.45, 7) is 0. The molecule has 5 heteroatoms. The van der Waals surface area contributed by atoms with E-state index in [0.717, 1.165) is 27.7 Å². The van der Waals surface area contributed by atoms with Gasteiger partial charge in [-0.15, -0.1) is 0 Å². The smallest absolute Gasteiger partial charge is 0.338 e. The zero-order valence-electron chi connectivity index (χ0n) is 12.2. The standard InChI is InChI=1S/C18H11NO4/c1-22-18(21)13-9-14(20)23-17-11-6-3-2-5-10(11)16-12(15(13)17)7-4-8-19-16/h2-9H,1H3. The predicted molar refractivity (Wildman–Crippen MR) is 86.6 cm³/mol. The molecular weight excluding hydrogens is 294 g/mol. The summed E-state index contributed by atoms with van der Waals surface area (Å²) in [5.74, 6) is -0.580. The lowest BCUT2D eigenvalue weighted by atomic mass is 9.98. The van der Waals surface area contributed by atoms with Crippen molar-refractivity contribution in [3.05, 3.63) is 64.6 Å². The van der Waals surface area contributed by atoms with E-state index >= 15 is 0 Å². The molecule has 0 N–H and O–H groups in total. The van der Waals surface area contributed by atoms with Gasteiger partial charge in [0, 0.05) is 33.8 Å². The molecule has 2 aromatic heterocycles. The summed E-state index contributed by atoms with van der Waals surface area (Å²) in [4.78, 5) is 28.5. The Morgan fingerprint density at radius 3 is 2.61 bits per heavy atom. The monoisotopic (exact) mass is 305 g/mol. The van der Waals surface area contributed by atoms with Gasteiger partial charge in [0.2, 0.25) is 0 Å². The maximum atomic E-state index is 12.1. The summed E-state index contributed by atoms with van der Waals surface area (Å²) < 4.78 is 10.2. The Labute approximate surface area is 130 Å². The summed E-state index contributed by atoms with van der Waals surface area (Å²) in [6, 6.07) is 12.3. The number of rotatable bonds is 1. The molecule has 2 aromatic carbocycles. The normalized spacial score (nSPS) is 11.2. The average molecular weight is 305 g/mol. The van der Waals surface area contributed by atoms with Crippen LogP contribution in [-0.2, 0) is 4.74 Å². The summed E-state index contributed by atoms with van der Waals surface area (Å²) in [6.07, 6.45) is 1.69. The zero-order chi connectivity index (χ0) is 16.0. The second kappa shape index (κ2) is 4.91. The number of ether oxygens (including phenoxy) is 1. The molecule has 23 heavy (non-hydrogen) atoms. The molecule has 0 spiro atoms. The molecule has 112 valence electrons. The van der Waals surface area contributed by atoms with Crippen molar-refractivity contribution in [1.29, 1.82) is 0 Å². The van der Waals surface area contributed by atoms with E-state index in [0.29, 0.717) is 11.0 Å². The number of esters is 1. The fourth-order valence-corrected chi connectivity index (χ4v) is 2.93. The highest BCUT2D eigenvalue weighted by molar-refractivity contribution is 6.26. The number of pyridine rings is 1. The number of benzene rings is 2. The van der Waals surface area contributed by atoms with Crippen LogP contribution < -0.4 is 5.63 Å². The Morgan fingerprint density at radius 2 is 1.83 bits per heavy atom. The molecule has 0 bridgehead atoms. The number of hydrogen-bond donors (Lipinski definition) is 0. The van der Waals surface area contributed by atoms with Crippen LogP contribution in [0, 0.1) is 0 Å². The first-order chi connectivity index (χ1) is 11.2. The van der Waals surface area contributed by atoms with Crippen LogP contribution in [0.25, 0.3) is 32.6 Å². The van der Waals surface area contributed by atoms with E-state index in [2.05, 4.69) is 4.98 Å². The van der Waals surface area contributed by atoms with Gasteiger partial charge in [0.15, 0.2) is 0 Å². The molecule has 4 rings (SSSR count). The molecule has 0 aliphatic rings. The first kappa shape index (κ1) is 13.5. The highest BCUT2D eigenvalue weighted by Crippen LogP contribution is 2.34. The Balaban J connectivity index is 2.40. The molecular formula is C18H11NO4. The topological polar surface area (TPSA) is 69.4 Å². The SMILES string of the molecule is COC(=O)c1cc(=O)oc2c3ccccc3c3ncccc3c12. The van der Waals surface area contributed by atoms with Crippen molar-refractivity contribution in [3.8, 4) is 0 Å². The second-order valence-corrected chi connectivity index (χ2v) is 5.12. The maximum absolute atomic E-state index is 12.1. The molecule has 0 unspecified atom stereocenters. The van der Waals surface area contributed by atoms with Crippen molar-refractivity contribution in [1.82, 2.24) is 4.98 Å². The number of nitrogens with zero attached hydrogens (tertiary/aromatic N) is 1. The van der Waals surface area contributed by atoms with Gasteiger partial charge in [0.1, 0.15) is 5.58 Å². The van der Waals surface area contributed by atoms with Crippen molar-refractivity contribution in [2.45, 2.75) is 0 Å². The Bertz CT molecular complexity index is 1140. The minimum absolute atomic E-state index is 0.183. The van der Waals surface area contributed by atoms with E-state index in [9.17, 15) is 9.59 Å². The molecule has 5 nitrogen and oxygen atoms in total. The number of carbonyl (C=O) groups is 1. The van der Waals surface area contributed by atoms with Crippen LogP contribution in [0.3, 0.4) is 0 Å². The van der Waals surface area contributed by atoms with Crippen LogP contribution >= 0.6 is 0 Å². The summed E-state index contributed by atoms with van der Waals surface area (Å²) in [5.41, 5.74) is 0.706. The van der Waals surface area contributed by atoms with E-state index in [1.165, 1.54) is 7.11 Å². The lowest BCUT2D eigenvalue weighted by molar-refractivity contribution is 0.0602. The fourth-order valence-electron chi connectivity index (χ4n) is 2.93. The third kappa shape index (κ3) is 1.90. The molecule has 0 radical (unpaired) electrons. The van der Waals surface area contributed by atoms with Crippen LogP contribution in [-0.4, -0.2) is 18.1 Å². The van der Waals surface area contributed by atoms with Gasteiger partial charge in [-0.25, -0.2) is 9.59 Å². The molecule has 0 aliphatic heterocycles. The molecule has 4 aromatic rings. The van der Waals surface area contributed by atoms with Gasteiger partial charge in [0.05, 0.1) is 18.2 Å². The van der Waals surface area contributed by atoms with Gasteiger partial charge in [-0.05, 0) is 6.07 Å². The highest BCUT2D eigenvalue weighted by Gasteiger charge is 2.19. The number of methoxy groups -OCH3 is 1. The van der Waals surface area contributed by atoms with Gasteiger partial charge < -0.3 is 9.15 Å². The van der Waals surface area contributed by atoms with Crippen molar-refractivity contribution in [2.24, 2.45) is 0 Å². The molecule has 0 saturated carbocycles. The van der Waals surface area contributed by atoms with E-state index in [4.69, 9.17) is 9.15 Å². The summed E-state index contributed by atoms with van der Waals surface area (Å²) >= 11 is 0. The highest BCUT2D eigenvalue weighted by atomic mass is 16.5. The molecule has 0 fully saturated rings. The average Bonchev–Trinajstić information content (AvgIpc) is 2.60. The van der Waals surface area contributed by atoms with Crippen LogP contribution in [0.5, 0.6) is 0 Å². The van der Waals surface area contributed by atoms with Gasteiger partial charge in [-0.1, -0.05) is 30.3 Å². The minimum Gasteiger partial charge on any atom is -0.465 e. The minimum atomic E-state index is -0.591. The Kier molecular flexibility index (Phi) is 2.87. The maximum Gasteiger partial charge on any atom is 0.338 e. The van der Waals surface area contributed by atoms with Gasteiger partial charge in [-0.2, -0.15) is 0 Å². The fraction of sp³-hybridized carbons (Fsp3) is 0.0556. The predicted octanol–water partition coefficient (Wildman–Crippen LogP) is 3.28. The zero-order valence-corrected chi connectivity index (χ0v) is 12.2. The van der Waals surface area contributed by atoms with Crippen LogP contribution in [0.15, 0.2) is 57.9 Å². The first-order valence-electron chi connectivity index (χ1n) is 7.02. The van der Waals surface area contributed by atoms with Crippen molar-refractivity contribution < 1.29 is 13.9 Å². The van der Waals surface area contributed by atoms with Crippen LogP contribution in [0.1, 0.15) is 10.4 Å². The largest absolute Gasteiger partial charge is 0.465 e. The molecule has 0 saturated heterocycles. The summed E-state index contributed by atoms with van der Waals surface area (Å²) in [7, 11) is 1.28. The lowest BCUT2D eigenvalue weighted by Gasteiger charge is -2.10. The van der Waals surface area contributed by atoms with E-state index < -0.39 is 11.6 Å². The van der Waals surface area contributed by atoms with Gasteiger partial charge in [0.25, 0.3) is 0 Å². The molecule has 0 aliphatic carbocycles. The van der Waals surface area contributed by atoms with Gasteiger partial charge in [-0.3, -0.25) is 4.98 Å². The van der Waals surface area contributed by atoms with E-state index in [1.54, 1.807) is 12.3 Å². The number of hydrogen-bond acceptors (Lipinski definition) is 5. The Hall–Kier alpha value is -3.21. The third-order valence-corrected chi connectivity index (χ3v) is 3.87. The number of fused-ring (bicyclic) bond motifs is 6. The van der Waals surface area contributed by atoms with Crippen molar-refractivity contribution >= 4 is 38.6 Å². The summed E-state index contributed by atoms with van der Waals surface area (Å²) in [5, 5.41) is 2.88. The molecule has 0 atom stereocenters. The third-order valence-electron chi connectivity index (χ3n) is 3.87. The second-order valence-electron chi connectivity index (χ2n) is 5.12. The number of aromatic nitrogens is 1. The van der Waals surface area contributed by atoms with Crippen molar-refractivity contribution in [3.63, 3.8) is 0 Å². The van der Waals surface area contributed by atoms with Crippen LogP contribution in [0.4, 0.5) is 0 Å². The van der Waals surface area contributed by atoms with Crippen LogP contribution in [0.2, 0.25) is 0 Å². The first-order valence-corrected chi connectivity index (χ1v) is 7.02. The Morgan fingerprint density at radius 1 is 1.09 bits per heavy atom. The molecule has 2 heterocycles. The van der Waals surface area contributed by atoms with E-state index in [1.807, 2.05) is 30.3 Å². The van der Waals surface area contributed by atoms with Gasteiger partial charge >= 0.3 is 11.6 Å². The van der Waals surface area contributed by atoms with E-state index in [-0.39, 0.29) is 5.56 Å². The lowest BCUT2D eigenvalue weighted by Crippen LogP contribution is -2.08. The quantitative estimate of drug-likeness (QED) is 0.307. The van der Waals surface area contributed by atoms with Crippen molar-refractivity contribution in [2.75, 3.05) is 7.11 Å². The molecule has 0 amide bonds.